The highest BCUT2D eigenvalue weighted by Crippen LogP contribution is 2.06. The van der Waals surface area contributed by atoms with Crippen molar-refractivity contribution in [3.8, 4) is 0 Å². The highest BCUT2D eigenvalue weighted by atomic mass is 32.2. The molecule has 0 saturated heterocycles. The Labute approximate surface area is 61.7 Å². The minimum atomic E-state index is 0.743. The van der Waals surface area contributed by atoms with Gasteiger partial charge in [-0.2, -0.15) is 11.8 Å². The average Bonchev–Trinajstić information content (AvgIpc) is 1.85. The zero-order valence-electron chi connectivity index (χ0n) is 6.02. The van der Waals surface area contributed by atoms with Gasteiger partial charge < -0.3 is 5.73 Å². The Hall–Kier alpha value is 0.0500. The third-order valence-electron chi connectivity index (χ3n) is 1.16. The van der Waals surface area contributed by atoms with Gasteiger partial charge in [-0.15, -0.1) is 0 Å². The van der Waals surface area contributed by atoms with Gasteiger partial charge in [0.05, 0.1) is 0 Å². The Morgan fingerprint density at radius 2 is 2.22 bits per heavy atom. The van der Waals surface area contributed by atoms with E-state index in [0.29, 0.717) is 0 Å². The van der Waals surface area contributed by atoms with Crippen molar-refractivity contribution in [2.45, 2.75) is 12.8 Å². The van der Waals surface area contributed by atoms with E-state index in [4.69, 9.17) is 5.73 Å². The van der Waals surface area contributed by atoms with Gasteiger partial charge in [0.1, 0.15) is 0 Å². The van der Waals surface area contributed by atoms with Crippen LogP contribution in [0.25, 0.3) is 0 Å². The maximum atomic E-state index is 5.33. The summed E-state index contributed by atoms with van der Waals surface area (Å²) in [6, 6.07) is 0. The molecule has 0 aromatic carbocycles. The summed E-state index contributed by atoms with van der Waals surface area (Å²) >= 11 is 1.85. The summed E-state index contributed by atoms with van der Waals surface area (Å²) in [5.41, 5.74) is 6.62. The lowest BCUT2D eigenvalue weighted by molar-refractivity contribution is 0.904. The molecule has 9 heavy (non-hydrogen) atoms. The molecule has 0 spiro atoms. The maximum Gasteiger partial charge on any atom is -0.00331 e. The van der Waals surface area contributed by atoms with Crippen LogP contribution in [0.5, 0.6) is 0 Å². The standard InChI is InChI=1S/C7H15NS/c1-7(3-5-8)4-6-9-2/h1,3-6,8H2,2H3. The number of nitrogens with two attached hydrogens (primary N) is 1. The van der Waals surface area contributed by atoms with Crippen molar-refractivity contribution in [1.29, 1.82) is 0 Å². The second kappa shape index (κ2) is 6.17. The van der Waals surface area contributed by atoms with Gasteiger partial charge in [0.15, 0.2) is 0 Å². The fourth-order valence-electron chi connectivity index (χ4n) is 0.576. The highest BCUT2D eigenvalue weighted by molar-refractivity contribution is 7.98. The van der Waals surface area contributed by atoms with Crippen molar-refractivity contribution in [3.63, 3.8) is 0 Å². The molecule has 0 aromatic heterocycles. The van der Waals surface area contributed by atoms with Crippen LogP contribution in [0.15, 0.2) is 12.2 Å². The Morgan fingerprint density at radius 3 is 2.67 bits per heavy atom. The zero-order chi connectivity index (χ0) is 7.11. The van der Waals surface area contributed by atoms with Crippen molar-refractivity contribution < 1.29 is 0 Å². The van der Waals surface area contributed by atoms with Crippen LogP contribution in [0.1, 0.15) is 12.8 Å². The molecule has 0 heterocycles. The van der Waals surface area contributed by atoms with Gasteiger partial charge in [0.2, 0.25) is 0 Å². The molecule has 0 aliphatic heterocycles. The molecule has 1 nitrogen and oxygen atoms in total. The predicted octanol–water partition coefficient (Wildman–Crippen LogP) is 1.64. The van der Waals surface area contributed by atoms with Crippen LogP contribution in [0.2, 0.25) is 0 Å². The first-order valence-electron chi connectivity index (χ1n) is 3.17. The fourth-order valence-corrected chi connectivity index (χ4v) is 1.07. The summed E-state index contributed by atoms with van der Waals surface area (Å²) in [5.74, 6) is 1.18. The molecular weight excluding hydrogens is 130 g/mol. The van der Waals surface area contributed by atoms with E-state index in [2.05, 4.69) is 12.8 Å². The summed E-state index contributed by atoms with van der Waals surface area (Å²) in [6.45, 7) is 4.63. The lowest BCUT2D eigenvalue weighted by Gasteiger charge is -1.99. The minimum Gasteiger partial charge on any atom is -0.330 e. The highest BCUT2D eigenvalue weighted by Gasteiger charge is 1.90. The van der Waals surface area contributed by atoms with Gasteiger partial charge in [-0.1, -0.05) is 12.2 Å². The molecule has 0 bridgehead atoms. The number of rotatable bonds is 5. The third-order valence-corrected chi connectivity index (χ3v) is 1.77. The van der Waals surface area contributed by atoms with E-state index in [0.717, 1.165) is 19.4 Å². The first-order valence-corrected chi connectivity index (χ1v) is 4.56. The number of hydrogen-bond acceptors (Lipinski definition) is 2. The lowest BCUT2D eigenvalue weighted by Crippen LogP contribution is -1.99. The summed E-state index contributed by atoms with van der Waals surface area (Å²) in [4.78, 5) is 0. The summed E-state index contributed by atoms with van der Waals surface area (Å²) in [6.07, 6.45) is 4.22. The van der Waals surface area contributed by atoms with Gasteiger partial charge in [-0.05, 0) is 31.4 Å². The molecule has 54 valence electrons. The molecule has 0 aliphatic rings. The van der Waals surface area contributed by atoms with Gasteiger partial charge in [0.25, 0.3) is 0 Å². The Morgan fingerprint density at radius 1 is 1.56 bits per heavy atom. The van der Waals surface area contributed by atoms with Crippen molar-refractivity contribution >= 4 is 11.8 Å². The molecule has 0 saturated carbocycles. The molecule has 0 atom stereocenters. The van der Waals surface area contributed by atoms with Crippen molar-refractivity contribution in [1.82, 2.24) is 0 Å². The second-order valence-electron chi connectivity index (χ2n) is 2.03. The molecule has 0 aliphatic carbocycles. The zero-order valence-corrected chi connectivity index (χ0v) is 6.84. The Kier molecular flexibility index (Phi) is 6.21. The molecule has 0 amide bonds. The molecule has 0 radical (unpaired) electrons. The summed E-state index contributed by atoms with van der Waals surface area (Å²) < 4.78 is 0. The maximum absolute atomic E-state index is 5.33. The van der Waals surface area contributed by atoms with E-state index in [1.807, 2.05) is 11.8 Å². The Bertz CT molecular complexity index is 81.0. The average molecular weight is 145 g/mol. The second-order valence-corrected chi connectivity index (χ2v) is 3.02. The van der Waals surface area contributed by atoms with E-state index in [1.54, 1.807) is 0 Å². The third kappa shape index (κ3) is 5.93. The van der Waals surface area contributed by atoms with Crippen molar-refractivity contribution in [2.75, 3.05) is 18.6 Å². The molecule has 2 N–H and O–H groups in total. The van der Waals surface area contributed by atoms with Crippen molar-refractivity contribution in [3.05, 3.63) is 12.2 Å². The molecule has 2 heteroatoms. The van der Waals surface area contributed by atoms with Gasteiger partial charge in [-0.3, -0.25) is 0 Å². The van der Waals surface area contributed by atoms with Crippen LogP contribution in [0.4, 0.5) is 0 Å². The van der Waals surface area contributed by atoms with Crippen LogP contribution in [-0.4, -0.2) is 18.6 Å². The van der Waals surface area contributed by atoms with E-state index in [-0.39, 0.29) is 0 Å². The minimum absolute atomic E-state index is 0.743. The van der Waals surface area contributed by atoms with Crippen LogP contribution in [-0.2, 0) is 0 Å². The topological polar surface area (TPSA) is 26.0 Å². The summed E-state index contributed by atoms with van der Waals surface area (Å²) in [5, 5.41) is 0. The monoisotopic (exact) mass is 145 g/mol. The quantitative estimate of drug-likeness (QED) is 0.595. The van der Waals surface area contributed by atoms with Crippen LogP contribution < -0.4 is 5.73 Å². The smallest absolute Gasteiger partial charge is 0.00331 e. The molecule has 0 rings (SSSR count). The van der Waals surface area contributed by atoms with Gasteiger partial charge in [0, 0.05) is 0 Å². The first-order chi connectivity index (χ1) is 4.31. The largest absolute Gasteiger partial charge is 0.330 e. The number of thioether (sulfide) groups is 1. The van der Waals surface area contributed by atoms with Gasteiger partial charge >= 0.3 is 0 Å². The molecule has 0 unspecified atom stereocenters. The number of hydrogen-bond donors (Lipinski definition) is 1. The molecular formula is C7H15NS. The van der Waals surface area contributed by atoms with E-state index >= 15 is 0 Å². The lowest BCUT2D eigenvalue weighted by atomic mass is 10.2. The van der Waals surface area contributed by atoms with E-state index in [1.165, 1.54) is 11.3 Å². The Balaban J connectivity index is 3.06. The van der Waals surface area contributed by atoms with Crippen LogP contribution >= 0.6 is 11.8 Å². The van der Waals surface area contributed by atoms with E-state index < -0.39 is 0 Å². The molecule has 0 aromatic rings. The summed E-state index contributed by atoms with van der Waals surface area (Å²) in [7, 11) is 0. The molecule has 0 fully saturated rings. The SMILES string of the molecule is C=C(CCN)CCSC. The van der Waals surface area contributed by atoms with Gasteiger partial charge in [-0.25, -0.2) is 0 Å². The first kappa shape index (κ1) is 9.05. The van der Waals surface area contributed by atoms with Crippen LogP contribution in [0.3, 0.4) is 0 Å². The van der Waals surface area contributed by atoms with Crippen LogP contribution in [0, 0.1) is 0 Å². The fraction of sp³-hybridized carbons (Fsp3) is 0.714. The van der Waals surface area contributed by atoms with Crippen molar-refractivity contribution in [2.24, 2.45) is 5.73 Å². The normalized spacial score (nSPS) is 9.56. The van der Waals surface area contributed by atoms with E-state index in [9.17, 15) is 0 Å². The predicted molar refractivity (Wildman–Crippen MR) is 45.8 cm³/mol.